The molecule has 76 valence electrons. The van der Waals surface area contributed by atoms with Crippen molar-refractivity contribution in [2.45, 2.75) is 18.6 Å². The summed E-state index contributed by atoms with van der Waals surface area (Å²) >= 11 is 5.85. The quantitative estimate of drug-likeness (QED) is 0.699. The second kappa shape index (κ2) is 3.85. The topological polar surface area (TPSA) is 32.6 Å². The third-order valence-electron chi connectivity index (χ3n) is 2.43. The van der Waals surface area contributed by atoms with E-state index in [1.165, 1.54) is 0 Å². The molecule has 1 saturated heterocycles. The molecule has 1 N–H and O–H groups in total. The molecule has 0 unspecified atom stereocenters. The van der Waals surface area contributed by atoms with Gasteiger partial charge in [0.2, 0.25) is 0 Å². The Bertz CT molecular complexity index is 324. The molecule has 0 amide bonds. The second-order valence-corrected chi connectivity index (χ2v) is 3.63. The van der Waals surface area contributed by atoms with E-state index in [0.29, 0.717) is 19.1 Å². The van der Waals surface area contributed by atoms with Gasteiger partial charge in [0, 0.05) is 11.9 Å². The zero-order chi connectivity index (χ0) is 10.0. The van der Waals surface area contributed by atoms with Crippen molar-refractivity contribution in [1.29, 1.82) is 0 Å². The van der Waals surface area contributed by atoms with E-state index in [4.69, 9.17) is 21.1 Å². The number of halogens is 1. The van der Waals surface area contributed by atoms with Crippen LogP contribution in [0.1, 0.15) is 18.1 Å². The molecule has 0 spiro atoms. The van der Waals surface area contributed by atoms with Crippen LogP contribution in [0, 0.1) is 0 Å². The van der Waals surface area contributed by atoms with Crippen molar-refractivity contribution in [1.82, 2.24) is 0 Å². The van der Waals surface area contributed by atoms with Gasteiger partial charge in [-0.05, 0) is 12.5 Å². The molecule has 2 rings (SSSR count). The highest BCUT2D eigenvalue weighted by Gasteiger charge is 2.36. The number of nitrogens with one attached hydrogen (secondary N) is 1. The van der Waals surface area contributed by atoms with Crippen LogP contribution < -0.4 is 4.98 Å². The summed E-state index contributed by atoms with van der Waals surface area (Å²) in [4.78, 5) is 3.02. The number of aromatic amines is 1. The Morgan fingerprint density at radius 3 is 2.86 bits per heavy atom. The summed E-state index contributed by atoms with van der Waals surface area (Å²) in [6, 6.07) is 1.94. The van der Waals surface area contributed by atoms with Gasteiger partial charge in [0.15, 0.2) is 18.2 Å². The molecule has 14 heavy (non-hydrogen) atoms. The summed E-state index contributed by atoms with van der Waals surface area (Å²) in [5.41, 5.74) is 2.02. The third-order valence-corrected chi connectivity index (χ3v) is 2.71. The van der Waals surface area contributed by atoms with E-state index in [1.807, 2.05) is 25.4 Å². The van der Waals surface area contributed by atoms with Crippen LogP contribution in [-0.2, 0) is 21.1 Å². The first kappa shape index (κ1) is 9.90. The van der Waals surface area contributed by atoms with E-state index in [1.54, 1.807) is 0 Å². The van der Waals surface area contributed by atoms with Crippen molar-refractivity contribution in [2.24, 2.45) is 0 Å². The maximum absolute atomic E-state index is 5.85. The highest BCUT2D eigenvalue weighted by molar-refractivity contribution is 6.17. The largest absolute Gasteiger partial charge is 0.343 e. The van der Waals surface area contributed by atoms with E-state index in [-0.39, 0.29) is 0 Å². The van der Waals surface area contributed by atoms with Crippen LogP contribution in [-0.4, -0.2) is 13.2 Å². The Labute approximate surface area is 88.0 Å². The van der Waals surface area contributed by atoms with Gasteiger partial charge in [-0.25, -0.2) is 4.98 Å². The lowest BCUT2D eigenvalue weighted by atomic mass is 10.0. The molecule has 0 atom stereocenters. The molecule has 0 radical (unpaired) electrons. The molecule has 0 aliphatic carbocycles. The first-order valence-corrected chi connectivity index (χ1v) is 5.13. The Morgan fingerprint density at radius 1 is 1.50 bits per heavy atom. The molecule has 1 aromatic heterocycles. The fourth-order valence-electron chi connectivity index (χ4n) is 1.67. The smallest absolute Gasteiger partial charge is 0.198 e. The number of alkyl halides is 1. The van der Waals surface area contributed by atoms with E-state index < -0.39 is 5.79 Å². The molecule has 0 aromatic carbocycles. The Kier molecular flexibility index (Phi) is 2.72. The van der Waals surface area contributed by atoms with Gasteiger partial charge in [0.25, 0.3) is 0 Å². The monoisotopic (exact) mass is 214 g/mol. The number of rotatable bonds is 2. The summed E-state index contributed by atoms with van der Waals surface area (Å²) in [5, 5.41) is 0. The molecule has 1 aliphatic heterocycles. The van der Waals surface area contributed by atoms with Crippen LogP contribution in [0.3, 0.4) is 0 Å². The van der Waals surface area contributed by atoms with Crippen LogP contribution in [0.4, 0.5) is 0 Å². The van der Waals surface area contributed by atoms with E-state index in [9.17, 15) is 0 Å². The number of H-pyrrole nitrogens is 1. The summed E-state index contributed by atoms with van der Waals surface area (Å²) in [6.07, 6.45) is 3.72. The molecule has 3 nitrogen and oxygen atoms in total. The molecule has 4 heteroatoms. The number of ether oxygens (including phenoxy) is 2. The normalized spacial score (nSPS) is 19.9. The van der Waals surface area contributed by atoms with Gasteiger partial charge >= 0.3 is 0 Å². The van der Waals surface area contributed by atoms with E-state index >= 15 is 0 Å². The van der Waals surface area contributed by atoms with Crippen molar-refractivity contribution in [2.75, 3.05) is 13.2 Å². The van der Waals surface area contributed by atoms with Crippen molar-refractivity contribution in [3.63, 3.8) is 0 Å². The molecular formula is C10H13ClNO2+. The van der Waals surface area contributed by atoms with E-state index in [0.717, 1.165) is 11.1 Å². The Morgan fingerprint density at radius 2 is 2.21 bits per heavy atom. The molecule has 1 aliphatic rings. The number of hydrogen-bond donors (Lipinski definition) is 0. The molecule has 0 saturated carbocycles. The van der Waals surface area contributed by atoms with Crippen LogP contribution in [0.2, 0.25) is 0 Å². The minimum absolute atomic E-state index is 0.465. The summed E-state index contributed by atoms with van der Waals surface area (Å²) in [6.45, 7) is 3.18. The predicted molar refractivity (Wildman–Crippen MR) is 51.8 cm³/mol. The predicted octanol–water partition coefficient (Wildman–Crippen LogP) is 1.46. The highest BCUT2D eigenvalue weighted by Crippen LogP contribution is 2.32. The van der Waals surface area contributed by atoms with E-state index in [2.05, 4.69) is 4.98 Å². The molecule has 2 heterocycles. The van der Waals surface area contributed by atoms with Crippen LogP contribution in [0.5, 0.6) is 0 Å². The minimum Gasteiger partial charge on any atom is -0.343 e. The summed E-state index contributed by atoms with van der Waals surface area (Å²) in [5.74, 6) is -0.172. The minimum atomic E-state index is -0.637. The molecule has 1 aromatic rings. The number of pyridine rings is 1. The van der Waals surface area contributed by atoms with Crippen molar-refractivity contribution in [3.8, 4) is 0 Å². The van der Waals surface area contributed by atoms with Gasteiger partial charge in [-0.15, -0.1) is 11.6 Å². The van der Waals surface area contributed by atoms with Gasteiger partial charge in [0.05, 0.1) is 18.8 Å². The van der Waals surface area contributed by atoms with Crippen molar-refractivity contribution >= 4 is 11.6 Å². The third kappa shape index (κ3) is 1.63. The zero-order valence-electron chi connectivity index (χ0n) is 8.05. The molecular weight excluding hydrogens is 202 g/mol. The molecule has 1 fully saturated rings. The summed E-state index contributed by atoms with van der Waals surface area (Å²) < 4.78 is 11.1. The fourth-order valence-corrected chi connectivity index (χ4v) is 1.90. The second-order valence-electron chi connectivity index (χ2n) is 3.36. The maximum atomic E-state index is 5.85. The lowest BCUT2D eigenvalue weighted by Gasteiger charge is -2.22. The average Bonchev–Trinajstić information content (AvgIpc) is 2.66. The standard InChI is InChI=1S/C10H12ClNO2/c1-10(13-4-5-14-10)9-7-12-3-2-8(9)6-11/h2-3,7H,4-6H2,1H3/p+1. The fraction of sp³-hybridized carbons (Fsp3) is 0.500. The summed E-state index contributed by atoms with van der Waals surface area (Å²) in [7, 11) is 0. The van der Waals surface area contributed by atoms with Gasteiger partial charge in [-0.1, -0.05) is 0 Å². The lowest BCUT2D eigenvalue weighted by Crippen LogP contribution is -2.26. The van der Waals surface area contributed by atoms with Crippen LogP contribution >= 0.6 is 11.6 Å². The Hall–Kier alpha value is -0.640. The van der Waals surface area contributed by atoms with Crippen molar-refractivity contribution < 1.29 is 14.5 Å². The molecule has 0 bridgehead atoms. The van der Waals surface area contributed by atoms with Crippen LogP contribution in [0.15, 0.2) is 18.5 Å². The zero-order valence-corrected chi connectivity index (χ0v) is 8.80. The highest BCUT2D eigenvalue weighted by atomic mass is 35.5. The first-order valence-electron chi connectivity index (χ1n) is 4.59. The number of hydrogen-bond acceptors (Lipinski definition) is 2. The maximum Gasteiger partial charge on any atom is 0.198 e. The lowest BCUT2D eigenvalue weighted by molar-refractivity contribution is -0.381. The van der Waals surface area contributed by atoms with Crippen LogP contribution in [0.25, 0.3) is 0 Å². The van der Waals surface area contributed by atoms with Gasteiger partial charge in [0.1, 0.15) is 0 Å². The van der Waals surface area contributed by atoms with Gasteiger partial charge in [-0.2, -0.15) is 0 Å². The van der Waals surface area contributed by atoms with Gasteiger partial charge < -0.3 is 9.47 Å². The SMILES string of the molecule is CC1(c2c[nH+]ccc2CCl)OCCO1. The van der Waals surface area contributed by atoms with Gasteiger partial charge in [-0.3, -0.25) is 0 Å². The average molecular weight is 215 g/mol. The van der Waals surface area contributed by atoms with Crippen molar-refractivity contribution in [3.05, 3.63) is 29.6 Å². The number of aromatic nitrogens is 1. The Balaban J connectivity index is 2.39. The first-order chi connectivity index (χ1) is 6.76.